The molecule has 3 N–H and O–H groups in total. The van der Waals surface area contributed by atoms with E-state index in [1.165, 1.54) is 13.2 Å². The van der Waals surface area contributed by atoms with Gasteiger partial charge in [-0.05, 0) is 17.7 Å². The summed E-state index contributed by atoms with van der Waals surface area (Å²) in [6, 6.07) is 11.5. The fourth-order valence-corrected chi connectivity index (χ4v) is 2.01. The first-order valence-corrected chi connectivity index (χ1v) is 5.97. The van der Waals surface area contributed by atoms with Crippen LogP contribution in [0.3, 0.4) is 0 Å². The zero-order chi connectivity index (χ0) is 13.8. The lowest BCUT2D eigenvalue weighted by Crippen LogP contribution is -2.07. The molecule has 0 fully saturated rings. The van der Waals surface area contributed by atoms with Gasteiger partial charge < -0.3 is 15.6 Å². The average Bonchev–Trinajstić information content (AvgIpc) is 2.41. The molecule has 1 atom stereocenters. The monoisotopic (exact) mass is 261 g/mol. The molecule has 0 aliphatic heterocycles. The molecule has 0 amide bonds. The fourth-order valence-electron chi connectivity index (χ4n) is 2.01. The molecule has 100 valence electrons. The molecule has 2 aromatic carbocycles. The van der Waals surface area contributed by atoms with E-state index in [1.807, 2.05) is 0 Å². The Kier molecular flexibility index (Phi) is 4.02. The Morgan fingerprint density at radius 1 is 1.21 bits per heavy atom. The molecule has 0 saturated heterocycles. The minimum atomic E-state index is -0.869. The van der Waals surface area contributed by atoms with Crippen LogP contribution in [0.4, 0.5) is 10.1 Å². The van der Waals surface area contributed by atoms with E-state index in [4.69, 9.17) is 10.5 Å². The molecular weight excluding hydrogens is 245 g/mol. The fraction of sp³-hybridized carbons (Fsp3) is 0.200. The summed E-state index contributed by atoms with van der Waals surface area (Å²) in [5, 5.41) is 10.2. The van der Waals surface area contributed by atoms with Crippen LogP contribution in [0.15, 0.2) is 42.5 Å². The van der Waals surface area contributed by atoms with Crippen molar-refractivity contribution in [3.63, 3.8) is 0 Å². The van der Waals surface area contributed by atoms with Gasteiger partial charge in [0.1, 0.15) is 11.6 Å². The van der Waals surface area contributed by atoms with Gasteiger partial charge in [-0.1, -0.05) is 30.3 Å². The molecule has 3 nitrogen and oxygen atoms in total. The standard InChI is InChI=1S/C15H16FNO2/c1-19-14-8-4-6-11(15(14)17)13(18)9-10-5-2-3-7-12(10)16/h2-8,13,18H,9,17H2,1H3. The maximum absolute atomic E-state index is 13.5. The van der Waals surface area contributed by atoms with Gasteiger partial charge >= 0.3 is 0 Å². The third kappa shape index (κ3) is 2.85. The number of aliphatic hydroxyl groups is 1. The number of hydrogen-bond acceptors (Lipinski definition) is 3. The largest absolute Gasteiger partial charge is 0.495 e. The van der Waals surface area contributed by atoms with Crippen molar-refractivity contribution in [3.05, 3.63) is 59.4 Å². The minimum absolute atomic E-state index is 0.171. The van der Waals surface area contributed by atoms with Crippen LogP contribution in [0.1, 0.15) is 17.2 Å². The number of nitrogens with two attached hydrogens (primary N) is 1. The Bertz CT molecular complexity index is 572. The van der Waals surface area contributed by atoms with Crippen molar-refractivity contribution >= 4 is 5.69 Å². The highest BCUT2D eigenvalue weighted by molar-refractivity contribution is 5.59. The maximum Gasteiger partial charge on any atom is 0.142 e. The number of rotatable bonds is 4. The van der Waals surface area contributed by atoms with Crippen molar-refractivity contribution in [2.24, 2.45) is 0 Å². The van der Waals surface area contributed by atoms with Gasteiger partial charge in [-0.25, -0.2) is 4.39 Å². The van der Waals surface area contributed by atoms with Crippen LogP contribution in [-0.2, 0) is 6.42 Å². The first kappa shape index (κ1) is 13.4. The van der Waals surface area contributed by atoms with Crippen LogP contribution >= 0.6 is 0 Å². The third-order valence-corrected chi connectivity index (χ3v) is 3.05. The van der Waals surface area contributed by atoms with Crippen molar-refractivity contribution < 1.29 is 14.2 Å². The number of hydrogen-bond donors (Lipinski definition) is 2. The van der Waals surface area contributed by atoms with Crippen LogP contribution in [0, 0.1) is 5.82 Å². The molecule has 0 radical (unpaired) electrons. The second kappa shape index (κ2) is 5.71. The van der Waals surface area contributed by atoms with Crippen LogP contribution in [-0.4, -0.2) is 12.2 Å². The second-order valence-corrected chi connectivity index (χ2v) is 4.27. The van der Waals surface area contributed by atoms with Gasteiger partial charge in [0.2, 0.25) is 0 Å². The predicted octanol–water partition coefficient (Wildman–Crippen LogP) is 2.69. The third-order valence-electron chi connectivity index (χ3n) is 3.05. The summed E-state index contributed by atoms with van der Waals surface area (Å²) in [6.07, 6.45) is -0.698. The number of aliphatic hydroxyl groups excluding tert-OH is 1. The van der Waals surface area contributed by atoms with Crippen LogP contribution in [0.25, 0.3) is 0 Å². The normalized spacial score (nSPS) is 12.2. The predicted molar refractivity (Wildman–Crippen MR) is 72.5 cm³/mol. The molecule has 0 bridgehead atoms. The van der Waals surface area contributed by atoms with Gasteiger partial charge in [0, 0.05) is 12.0 Å². The van der Waals surface area contributed by atoms with E-state index in [0.29, 0.717) is 22.6 Å². The molecule has 0 spiro atoms. The number of nitrogen functional groups attached to an aromatic ring is 1. The van der Waals surface area contributed by atoms with Crippen LogP contribution in [0.5, 0.6) is 5.75 Å². The van der Waals surface area contributed by atoms with Gasteiger partial charge in [0.15, 0.2) is 0 Å². The second-order valence-electron chi connectivity index (χ2n) is 4.27. The lowest BCUT2D eigenvalue weighted by atomic mass is 9.99. The SMILES string of the molecule is COc1cccc(C(O)Cc2ccccc2F)c1N. The molecule has 19 heavy (non-hydrogen) atoms. The Morgan fingerprint density at radius 3 is 2.63 bits per heavy atom. The van der Waals surface area contributed by atoms with E-state index in [1.54, 1.807) is 36.4 Å². The van der Waals surface area contributed by atoms with Crippen molar-refractivity contribution in [1.29, 1.82) is 0 Å². The summed E-state index contributed by atoms with van der Waals surface area (Å²) < 4.78 is 18.6. The number of benzene rings is 2. The van der Waals surface area contributed by atoms with E-state index in [0.717, 1.165) is 0 Å². The van der Waals surface area contributed by atoms with Crippen molar-refractivity contribution in [1.82, 2.24) is 0 Å². The van der Waals surface area contributed by atoms with Gasteiger partial charge in [-0.2, -0.15) is 0 Å². The first-order chi connectivity index (χ1) is 9.13. The van der Waals surface area contributed by atoms with Gasteiger partial charge in [0.25, 0.3) is 0 Å². The smallest absolute Gasteiger partial charge is 0.142 e. The molecule has 0 aliphatic carbocycles. The topological polar surface area (TPSA) is 55.5 Å². The van der Waals surface area contributed by atoms with Gasteiger partial charge in [0.05, 0.1) is 18.9 Å². The first-order valence-electron chi connectivity index (χ1n) is 5.97. The van der Waals surface area contributed by atoms with Gasteiger partial charge in [-0.15, -0.1) is 0 Å². The zero-order valence-corrected chi connectivity index (χ0v) is 10.6. The summed E-state index contributed by atoms with van der Waals surface area (Å²) >= 11 is 0. The lowest BCUT2D eigenvalue weighted by Gasteiger charge is -2.16. The quantitative estimate of drug-likeness (QED) is 0.832. The number of anilines is 1. The molecule has 4 heteroatoms. The highest BCUT2D eigenvalue weighted by Crippen LogP contribution is 2.31. The van der Waals surface area contributed by atoms with E-state index in [2.05, 4.69) is 0 Å². The van der Waals surface area contributed by atoms with Crippen molar-refractivity contribution in [3.8, 4) is 5.75 Å². The number of ether oxygens (including phenoxy) is 1. The zero-order valence-electron chi connectivity index (χ0n) is 10.6. The Hall–Kier alpha value is -2.07. The average molecular weight is 261 g/mol. The van der Waals surface area contributed by atoms with Crippen LogP contribution in [0.2, 0.25) is 0 Å². The lowest BCUT2D eigenvalue weighted by molar-refractivity contribution is 0.177. The highest BCUT2D eigenvalue weighted by atomic mass is 19.1. The molecule has 2 aromatic rings. The molecule has 0 heterocycles. The summed E-state index contributed by atoms with van der Waals surface area (Å²) in [7, 11) is 1.51. The van der Waals surface area contributed by atoms with E-state index >= 15 is 0 Å². The summed E-state index contributed by atoms with van der Waals surface area (Å²) in [4.78, 5) is 0. The Morgan fingerprint density at radius 2 is 1.95 bits per heavy atom. The molecule has 2 rings (SSSR count). The number of para-hydroxylation sites is 1. The molecular formula is C15H16FNO2. The summed E-state index contributed by atoms with van der Waals surface area (Å²) in [5.74, 6) is 0.174. The van der Waals surface area contributed by atoms with Crippen LogP contribution < -0.4 is 10.5 Å². The summed E-state index contributed by atoms with van der Waals surface area (Å²) in [6.45, 7) is 0. The number of halogens is 1. The van der Waals surface area contributed by atoms with Crippen molar-refractivity contribution in [2.45, 2.75) is 12.5 Å². The highest BCUT2D eigenvalue weighted by Gasteiger charge is 2.16. The van der Waals surface area contributed by atoms with Gasteiger partial charge in [-0.3, -0.25) is 0 Å². The Labute approximate surface area is 111 Å². The van der Waals surface area contributed by atoms with Crippen molar-refractivity contribution in [2.75, 3.05) is 12.8 Å². The molecule has 0 aliphatic rings. The van der Waals surface area contributed by atoms with E-state index in [9.17, 15) is 9.50 Å². The molecule has 0 aromatic heterocycles. The van der Waals surface area contributed by atoms with E-state index in [-0.39, 0.29) is 12.2 Å². The molecule has 1 unspecified atom stereocenters. The Balaban J connectivity index is 2.26. The molecule has 0 saturated carbocycles. The number of methoxy groups -OCH3 is 1. The summed E-state index contributed by atoms with van der Waals surface area (Å²) in [5.41, 5.74) is 7.29. The maximum atomic E-state index is 13.5. The minimum Gasteiger partial charge on any atom is -0.495 e. The van der Waals surface area contributed by atoms with E-state index < -0.39 is 6.10 Å².